The van der Waals surface area contributed by atoms with Gasteiger partial charge in [0.25, 0.3) is 5.91 Å². The molecule has 0 bridgehead atoms. The molecule has 0 aliphatic carbocycles. The first kappa shape index (κ1) is 28.6. The molecule has 0 aromatic heterocycles. The van der Waals surface area contributed by atoms with Gasteiger partial charge in [0.1, 0.15) is 0 Å². The van der Waals surface area contributed by atoms with E-state index in [1.807, 2.05) is 12.1 Å². The van der Waals surface area contributed by atoms with Crippen LogP contribution in [0, 0.1) is 11.3 Å². The zero-order valence-corrected chi connectivity index (χ0v) is 21.9. The van der Waals surface area contributed by atoms with Gasteiger partial charge in [-0.1, -0.05) is 90.5 Å². The van der Waals surface area contributed by atoms with Gasteiger partial charge in [0, 0.05) is 17.1 Å². The number of hydrogen-bond donors (Lipinski definition) is 2. The summed E-state index contributed by atoms with van der Waals surface area (Å²) in [6.07, 6.45) is 15.0. The third-order valence-corrected chi connectivity index (χ3v) is 6.76. The molecule has 3 N–H and O–H groups in total. The van der Waals surface area contributed by atoms with Crippen LogP contribution in [0.5, 0.6) is 0 Å². The molecule has 1 amide bonds. The Morgan fingerprint density at radius 3 is 2.31 bits per heavy atom. The molecule has 0 aliphatic heterocycles. The zero-order valence-electron chi connectivity index (χ0n) is 21.2. The van der Waals surface area contributed by atoms with Crippen LogP contribution in [0.25, 0.3) is 0 Å². The molecule has 0 fully saturated rings. The quantitative estimate of drug-likeness (QED) is 0.258. The summed E-state index contributed by atoms with van der Waals surface area (Å²) >= 11 is 6.24. The van der Waals surface area contributed by atoms with E-state index in [0.717, 1.165) is 62.6 Å². The van der Waals surface area contributed by atoms with Crippen LogP contribution in [0.2, 0.25) is 5.02 Å². The monoisotopic (exact) mass is 462 g/mol. The normalized spacial score (nSPS) is 13.1. The molecule has 32 heavy (non-hydrogen) atoms. The van der Waals surface area contributed by atoms with Crippen molar-refractivity contribution in [2.24, 2.45) is 17.1 Å². The molecule has 1 unspecified atom stereocenters. The Hall–Kier alpha value is -1.48. The van der Waals surface area contributed by atoms with Crippen LogP contribution < -0.4 is 11.1 Å². The number of amides is 1. The Balaban J connectivity index is 2.51. The molecule has 0 heterocycles. The summed E-state index contributed by atoms with van der Waals surface area (Å²) in [4.78, 5) is 12.9. The summed E-state index contributed by atoms with van der Waals surface area (Å²) in [5.74, 6) is 1.09. The van der Waals surface area contributed by atoms with Gasteiger partial charge in [0.05, 0.1) is 0 Å². The number of unbranched alkanes of at least 4 members (excludes halogenated alkanes) is 3. The standard InChI is InChI=1S/C28H47ClN2O/c1-6-13-22(14-7-2)25-18-17-24(29)21-26(25)27(32)31-20-11-9-8-10-15-23(16-12-19-30)28(3,4)5/h12,17-19,21-23H,6-11,13-16,20,30H2,1-5H3,(H,31,32)/b19-12+. The molecule has 3 nitrogen and oxygen atoms in total. The molecule has 1 atom stereocenters. The number of rotatable bonds is 15. The van der Waals surface area contributed by atoms with Crippen molar-refractivity contribution < 1.29 is 4.79 Å². The predicted octanol–water partition coefficient (Wildman–Crippen LogP) is 8.23. The molecule has 1 aromatic rings. The summed E-state index contributed by atoms with van der Waals surface area (Å²) in [6, 6.07) is 5.81. The lowest BCUT2D eigenvalue weighted by Crippen LogP contribution is -2.26. The lowest BCUT2D eigenvalue weighted by Gasteiger charge is -2.30. The van der Waals surface area contributed by atoms with Crippen molar-refractivity contribution in [2.75, 3.05) is 6.54 Å². The van der Waals surface area contributed by atoms with Gasteiger partial charge in [0.15, 0.2) is 0 Å². The van der Waals surface area contributed by atoms with Crippen molar-refractivity contribution in [1.29, 1.82) is 0 Å². The Labute approximate surface area is 202 Å². The molecular weight excluding hydrogens is 416 g/mol. The highest BCUT2D eigenvalue weighted by Crippen LogP contribution is 2.33. The topological polar surface area (TPSA) is 55.1 Å². The summed E-state index contributed by atoms with van der Waals surface area (Å²) in [5.41, 5.74) is 7.74. The first-order valence-electron chi connectivity index (χ1n) is 12.7. The van der Waals surface area contributed by atoms with E-state index >= 15 is 0 Å². The van der Waals surface area contributed by atoms with Crippen molar-refractivity contribution >= 4 is 17.5 Å². The number of hydrogen-bond acceptors (Lipinski definition) is 2. The van der Waals surface area contributed by atoms with Crippen LogP contribution in [-0.2, 0) is 0 Å². The Kier molecular flexibility index (Phi) is 13.7. The van der Waals surface area contributed by atoms with Crippen LogP contribution in [0.15, 0.2) is 30.5 Å². The molecule has 0 radical (unpaired) electrons. The summed E-state index contributed by atoms with van der Waals surface area (Å²) in [5, 5.41) is 3.77. The van der Waals surface area contributed by atoms with Gasteiger partial charge in [-0.3, -0.25) is 4.79 Å². The van der Waals surface area contributed by atoms with Crippen LogP contribution in [0.1, 0.15) is 121 Å². The Bertz CT molecular complexity index is 687. The van der Waals surface area contributed by atoms with Crippen molar-refractivity contribution in [3.05, 3.63) is 46.6 Å². The molecule has 1 aromatic carbocycles. The van der Waals surface area contributed by atoms with Crippen LogP contribution in [-0.4, -0.2) is 12.5 Å². The second kappa shape index (κ2) is 15.4. The van der Waals surface area contributed by atoms with Crippen molar-refractivity contribution in [3.8, 4) is 0 Å². The van der Waals surface area contributed by atoms with Crippen molar-refractivity contribution in [3.63, 3.8) is 0 Å². The highest BCUT2D eigenvalue weighted by molar-refractivity contribution is 6.31. The molecule has 0 aliphatic rings. The third kappa shape index (κ3) is 10.4. The fraction of sp³-hybridized carbons (Fsp3) is 0.679. The summed E-state index contributed by atoms with van der Waals surface area (Å²) < 4.78 is 0. The number of halogens is 1. The highest BCUT2D eigenvalue weighted by Gasteiger charge is 2.23. The number of carbonyl (C=O) groups excluding carboxylic acids is 1. The van der Waals surface area contributed by atoms with Gasteiger partial charge in [0.2, 0.25) is 0 Å². The Morgan fingerprint density at radius 1 is 1.06 bits per heavy atom. The molecule has 182 valence electrons. The molecule has 4 heteroatoms. The fourth-order valence-corrected chi connectivity index (χ4v) is 4.72. The van der Waals surface area contributed by atoms with E-state index in [1.165, 1.54) is 19.3 Å². The Morgan fingerprint density at radius 2 is 1.72 bits per heavy atom. The maximum atomic E-state index is 12.9. The predicted molar refractivity (Wildman–Crippen MR) is 140 cm³/mol. The van der Waals surface area contributed by atoms with E-state index in [2.05, 4.69) is 52.1 Å². The fourth-order valence-electron chi connectivity index (χ4n) is 4.55. The van der Waals surface area contributed by atoms with Crippen molar-refractivity contribution in [1.82, 2.24) is 5.32 Å². The average molecular weight is 463 g/mol. The number of carbonyl (C=O) groups is 1. The minimum absolute atomic E-state index is 0.0149. The van der Waals surface area contributed by atoms with Gasteiger partial charge in [-0.2, -0.15) is 0 Å². The molecule has 0 spiro atoms. The van der Waals surface area contributed by atoms with Crippen LogP contribution in [0.4, 0.5) is 0 Å². The van der Waals surface area contributed by atoms with E-state index in [4.69, 9.17) is 17.3 Å². The van der Waals surface area contributed by atoms with Gasteiger partial charge < -0.3 is 11.1 Å². The number of allylic oxidation sites excluding steroid dienone is 1. The van der Waals surface area contributed by atoms with Crippen molar-refractivity contribution in [2.45, 2.75) is 105 Å². The molecule has 0 saturated heterocycles. The molecule has 0 saturated carbocycles. The van der Waals surface area contributed by atoms with E-state index in [9.17, 15) is 4.79 Å². The zero-order chi connectivity index (χ0) is 24.0. The number of nitrogens with one attached hydrogen (secondary N) is 1. The summed E-state index contributed by atoms with van der Waals surface area (Å²) in [6.45, 7) is 12.1. The second-order valence-electron chi connectivity index (χ2n) is 10.2. The van der Waals surface area contributed by atoms with Gasteiger partial charge in [-0.05, 0) is 73.3 Å². The van der Waals surface area contributed by atoms with Gasteiger partial charge >= 0.3 is 0 Å². The van der Waals surface area contributed by atoms with Gasteiger partial charge in [-0.15, -0.1) is 0 Å². The largest absolute Gasteiger partial charge is 0.405 e. The molecular formula is C28H47ClN2O. The first-order chi connectivity index (χ1) is 15.2. The SMILES string of the molecule is CCCC(CCC)c1ccc(Cl)cc1C(=O)NCCCCCCC(C/C=C/N)C(C)(C)C. The number of nitrogens with two attached hydrogens (primary N) is 1. The third-order valence-electron chi connectivity index (χ3n) is 6.52. The van der Waals surface area contributed by atoms with E-state index in [1.54, 1.807) is 6.20 Å². The molecule has 1 rings (SSSR count). The van der Waals surface area contributed by atoms with Gasteiger partial charge in [-0.25, -0.2) is 0 Å². The first-order valence-corrected chi connectivity index (χ1v) is 13.1. The maximum Gasteiger partial charge on any atom is 0.251 e. The minimum atomic E-state index is 0.0149. The summed E-state index contributed by atoms with van der Waals surface area (Å²) in [7, 11) is 0. The minimum Gasteiger partial charge on any atom is -0.405 e. The lowest BCUT2D eigenvalue weighted by molar-refractivity contribution is 0.0951. The lowest BCUT2D eigenvalue weighted by atomic mass is 9.76. The van der Waals surface area contributed by atoms with E-state index in [-0.39, 0.29) is 5.91 Å². The van der Waals surface area contributed by atoms with Crippen LogP contribution in [0.3, 0.4) is 0 Å². The highest BCUT2D eigenvalue weighted by atomic mass is 35.5. The average Bonchev–Trinajstić information content (AvgIpc) is 2.74. The second-order valence-corrected chi connectivity index (χ2v) is 10.6. The smallest absolute Gasteiger partial charge is 0.251 e. The number of benzene rings is 1. The van der Waals surface area contributed by atoms with Crippen LogP contribution >= 0.6 is 11.6 Å². The maximum absolute atomic E-state index is 12.9. The van der Waals surface area contributed by atoms with E-state index < -0.39 is 0 Å². The van der Waals surface area contributed by atoms with E-state index in [0.29, 0.717) is 22.3 Å².